The fourth-order valence-corrected chi connectivity index (χ4v) is 2.86. The molecule has 0 bridgehead atoms. The van der Waals surface area contributed by atoms with Crippen molar-refractivity contribution in [3.8, 4) is 0 Å². The van der Waals surface area contributed by atoms with Crippen molar-refractivity contribution in [1.29, 1.82) is 0 Å². The second-order valence-corrected chi connectivity index (χ2v) is 5.41. The van der Waals surface area contributed by atoms with Gasteiger partial charge in [-0.25, -0.2) is 0 Å². The molecule has 0 N–H and O–H groups in total. The van der Waals surface area contributed by atoms with E-state index in [9.17, 15) is 4.79 Å². The van der Waals surface area contributed by atoms with Gasteiger partial charge in [0.05, 0.1) is 11.5 Å². The van der Waals surface area contributed by atoms with E-state index in [1.54, 1.807) is 7.11 Å². The van der Waals surface area contributed by atoms with Crippen LogP contribution in [0.2, 0.25) is 0 Å². The molecule has 0 spiro atoms. The lowest BCUT2D eigenvalue weighted by molar-refractivity contribution is 0.0764. The van der Waals surface area contributed by atoms with Gasteiger partial charge in [0.2, 0.25) is 0 Å². The Labute approximate surface area is 112 Å². The minimum absolute atomic E-state index is 0.179. The van der Waals surface area contributed by atoms with Crippen molar-refractivity contribution in [1.82, 2.24) is 9.80 Å². The highest BCUT2D eigenvalue weighted by atomic mass is 32.1. The van der Waals surface area contributed by atoms with Crippen LogP contribution in [0.25, 0.3) is 0 Å². The molecule has 0 aromatic carbocycles. The minimum atomic E-state index is 0.179. The molecule has 4 nitrogen and oxygen atoms in total. The highest BCUT2D eigenvalue weighted by molar-refractivity contribution is 7.12. The van der Waals surface area contributed by atoms with Crippen LogP contribution in [0.4, 0.5) is 0 Å². The van der Waals surface area contributed by atoms with E-state index in [2.05, 4.69) is 4.90 Å². The lowest BCUT2D eigenvalue weighted by Crippen LogP contribution is -2.35. The number of nitrogens with zero attached hydrogens (tertiary/aromatic N) is 2. The van der Waals surface area contributed by atoms with Gasteiger partial charge in [-0.15, -0.1) is 11.3 Å². The number of carbonyl (C=O) groups excluding carboxylic acids is 1. The van der Waals surface area contributed by atoms with Crippen LogP contribution in [0, 0.1) is 0 Å². The van der Waals surface area contributed by atoms with Crippen molar-refractivity contribution < 1.29 is 9.53 Å². The van der Waals surface area contributed by atoms with E-state index in [-0.39, 0.29) is 5.91 Å². The van der Waals surface area contributed by atoms with Crippen LogP contribution in [0.1, 0.15) is 16.1 Å². The SMILES string of the molecule is COCCN1CCCN(C(=O)c2cccs2)CC1. The molecule has 1 aromatic rings. The third kappa shape index (κ3) is 3.54. The molecule has 0 saturated carbocycles. The number of thiophene rings is 1. The van der Waals surface area contributed by atoms with Gasteiger partial charge in [-0.2, -0.15) is 0 Å². The molecule has 5 heteroatoms. The van der Waals surface area contributed by atoms with Crippen LogP contribution in [0.5, 0.6) is 0 Å². The first kappa shape index (κ1) is 13.5. The second kappa shape index (κ2) is 6.87. The average Bonchev–Trinajstić information content (AvgIpc) is 2.82. The van der Waals surface area contributed by atoms with Gasteiger partial charge in [-0.3, -0.25) is 9.69 Å². The van der Waals surface area contributed by atoms with E-state index in [4.69, 9.17) is 4.74 Å². The van der Waals surface area contributed by atoms with Crippen LogP contribution in [-0.4, -0.2) is 62.1 Å². The quantitative estimate of drug-likeness (QED) is 0.830. The Morgan fingerprint density at radius 1 is 1.39 bits per heavy atom. The molecule has 0 aliphatic carbocycles. The molecule has 1 saturated heterocycles. The van der Waals surface area contributed by atoms with Gasteiger partial charge in [0, 0.05) is 33.3 Å². The van der Waals surface area contributed by atoms with E-state index >= 15 is 0 Å². The number of ether oxygens (including phenoxy) is 1. The Bertz CT molecular complexity index is 367. The molecule has 0 atom stereocenters. The zero-order valence-electron chi connectivity index (χ0n) is 10.8. The van der Waals surface area contributed by atoms with E-state index in [1.165, 1.54) is 11.3 Å². The van der Waals surface area contributed by atoms with Gasteiger partial charge in [0.25, 0.3) is 5.91 Å². The standard InChI is InChI=1S/C13H20N2O2S/c1-17-10-9-14-5-3-6-15(8-7-14)13(16)12-4-2-11-18-12/h2,4,11H,3,5-10H2,1H3. The predicted octanol–water partition coefficient (Wildman–Crippen LogP) is 1.54. The summed E-state index contributed by atoms with van der Waals surface area (Å²) in [7, 11) is 1.73. The van der Waals surface area contributed by atoms with Crippen LogP contribution < -0.4 is 0 Å². The van der Waals surface area contributed by atoms with Gasteiger partial charge in [-0.05, 0) is 24.4 Å². The number of hydrogen-bond acceptors (Lipinski definition) is 4. The number of rotatable bonds is 4. The summed E-state index contributed by atoms with van der Waals surface area (Å²) >= 11 is 1.52. The fraction of sp³-hybridized carbons (Fsp3) is 0.615. The number of amides is 1. The molecule has 1 aromatic heterocycles. The number of methoxy groups -OCH3 is 1. The molecular weight excluding hydrogens is 248 g/mol. The van der Waals surface area contributed by atoms with Crippen molar-refractivity contribution >= 4 is 17.2 Å². The molecule has 1 aliphatic heterocycles. The molecule has 0 radical (unpaired) electrons. The van der Waals surface area contributed by atoms with Crippen molar-refractivity contribution in [2.45, 2.75) is 6.42 Å². The van der Waals surface area contributed by atoms with Crippen molar-refractivity contribution in [3.05, 3.63) is 22.4 Å². The van der Waals surface area contributed by atoms with Crippen LogP contribution in [0.3, 0.4) is 0 Å². The Kier molecular flexibility index (Phi) is 5.16. The summed E-state index contributed by atoms with van der Waals surface area (Å²) in [5.74, 6) is 0.179. The van der Waals surface area contributed by atoms with Crippen LogP contribution >= 0.6 is 11.3 Å². The third-order valence-corrected chi connectivity index (χ3v) is 4.08. The van der Waals surface area contributed by atoms with Gasteiger partial charge in [0.15, 0.2) is 0 Å². The van der Waals surface area contributed by atoms with E-state index in [0.717, 1.165) is 50.6 Å². The Morgan fingerprint density at radius 2 is 2.28 bits per heavy atom. The highest BCUT2D eigenvalue weighted by Crippen LogP contribution is 2.13. The maximum atomic E-state index is 12.2. The van der Waals surface area contributed by atoms with E-state index in [1.807, 2.05) is 22.4 Å². The molecular formula is C13H20N2O2S. The van der Waals surface area contributed by atoms with Crippen LogP contribution in [0.15, 0.2) is 17.5 Å². The maximum Gasteiger partial charge on any atom is 0.263 e. The molecule has 18 heavy (non-hydrogen) atoms. The summed E-state index contributed by atoms with van der Waals surface area (Å²) in [6, 6.07) is 3.83. The Hall–Kier alpha value is -0.910. The molecule has 2 heterocycles. The van der Waals surface area contributed by atoms with Crippen molar-refractivity contribution in [2.24, 2.45) is 0 Å². The summed E-state index contributed by atoms with van der Waals surface area (Å²) < 4.78 is 5.10. The second-order valence-electron chi connectivity index (χ2n) is 4.46. The topological polar surface area (TPSA) is 32.8 Å². The maximum absolute atomic E-state index is 12.2. The lowest BCUT2D eigenvalue weighted by atomic mass is 10.3. The Balaban J connectivity index is 1.87. The first-order valence-electron chi connectivity index (χ1n) is 6.35. The summed E-state index contributed by atoms with van der Waals surface area (Å²) in [6.45, 7) is 5.40. The summed E-state index contributed by atoms with van der Waals surface area (Å²) in [5.41, 5.74) is 0. The summed E-state index contributed by atoms with van der Waals surface area (Å²) in [5, 5.41) is 1.95. The Morgan fingerprint density at radius 3 is 3.00 bits per heavy atom. The number of carbonyl (C=O) groups is 1. The normalized spacial score (nSPS) is 17.7. The van der Waals surface area contributed by atoms with Gasteiger partial charge in [-0.1, -0.05) is 6.07 Å². The zero-order chi connectivity index (χ0) is 12.8. The largest absolute Gasteiger partial charge is 0.383 e. The van der Waals surface area contributed by atoms with E-state index < -0.39 is 0 Å². The third-order valence-electron chi connectivity index (χ3n) is 3.22. The first-order valence-corrected chi connectivity index (χ1v) is 7.23. The molecule has 0 unspecified atom stereocenters. The summed E-state index contributed by atoms with van der Waals surface area (Å²) in [6.07, 6.45) is 1.04. The van der Waals surface area contributed by atoms with Crippen molar-refractivity contribution in [3.63, 3.8) is 0 Å². The lowest BCUT2D eigenvalue weighted by Gasteiger charge is -2.21. The molecule has 100 valence electrons. The predicted molar refractivity (Wildman–Crippen MR) is 73.2 cm³/mol. The molecule has 2 rings (SSSR count). The van der Waals surface area contributed by atoms with Gasteiger partial charge >= 0.3 is 0 Å². The molecule has 1 amide bonds. The van der Waals surface area contributed by atoms with E-state index in [0.29, 0.717) is 0 Å². The highest BCUT2D eigenvalue weighted by Gasteiger charge is 2.20. The van der Waals surface area contributed by atoms with Gasteiger partial charge < -0.3 is 9.64 Å². The average molecular weight is 268 g/mol. The fourth-order valence-electron chi connectivity index (χ4n) is 2.17. The van der Waals surface area contributed by atoms with Gasteiger partial charge in [0.1, 0.15) is 0 Å². The molecule has 1 aliphatic rings. The molecule has 1 fully saturated rings. The minimum Gasteiger partial charge on any atom is -0.383 e. The van der Waals surface area contributed by atoms with Crippen molar-refractivity contribution in [2.75, 3.05) is 46.4 Å². The first-order chi connectivity index (χ1) is 8.81. The summed E-state index contributed by atoms with van der Waals surface area (Å²) in [4.78, 5) is 17.4. The number of hydrogen-bond donors (Lipinski definition) is 0. The smallest absolute Gasteiger partial charge is 0.263 e. The monoisotopic (exact) mass is 268 g/mol. The zero-order valence-corrected chi connectivity index (χ0v) is 11.6. The van der Waals surface area contributed by atoms with Crippen LogP contribution in [-0.2, 0) is 4.74 Å².